The maximum absolute atomic E-state index is 13.3. The summed E-state index contributed by atoms with van der Waals surface area (Å²) in [6.07, 6.45) is 0. The monoisotopic (exact) mass is 450 g/mol. The lowest BCUT2D eigenvalue weighted by Gasteiger charge is -2.39. The van der Waals surface area contributed by atoms with Crippen LogP contribution in [0.4, 0.5) is 20.2 Å². The summed E-state index contributed by atoms with van der Waals surface area (Å²) in [5, 5.41) is 5.60. The zero-order valence-electron chi connectivity index (χ0n) is 17.4. The Morgan fingerprint density at radius 1 is 0.871 bits per heavy atom. The Kier molecular flexibility index (Phi) is 7.59. The predicted octanol–water partition coefficient (Wildman–Crippen LogP) is 3.59. The van der Waals surface area contributed by atoms with E-state index in [9.17, 15) is 18.4 Å². The Balaban J connectivity index is 1.50. The number of carbonyl (C=O) groups is 2. The van der Waals surface area contributed by atoms with Crippen LogP contribution in [0.3, 0.4) is 0 Å². The van der Waals surface area contributed by atoms with E-state index in [0.29, 0.717) is 37.6 Å². The van der Waals surface area contributed by atoms with E-state index < -0.39 is 23.7 Å². The van der Waals surface area contributed by atoms with Gasteiger partial charge in [0, 0.05) is 31.9 Å². The second-order valence-corrected chi connectivity index (χ2v) is 7.94. The lowest BCUT2D eigenvalue weighted by molar-refractivity contribution is -0.124. The first-order valence-electron chi connectivity index (χ1n) is 10.0. The van der Waals surface area contributed by atoms with Gasteiger partial charge >= 0.3 is 0 Å². The molecule has 2 atom stereocenters. The number of hydrogen-bond donors (Lipinski definition) is 2. The second kappa shape index (κ2) is 10.2. The van der Waals surface area contributed by atoms with Crippen molar-refractivity contribution < 1.29 is 18.4 Å². The lowest BCUT2D eigenvalue weighted by atomic mass is 10.1. The van der Waals surface area contributed by atoms with Crippen molar-refractivity contribution in [1.82, 2.24) is 9.80 Å². The van der Waals surface area contributed by atoms with Gasteiger partial charge in [-0.25, -0.2) is 8.78 Å². The summed E-state index contributed by atoms with van der Waals surface area (Å²) in [6, 6.07) is 8.78. The number of piperazine rings is 1. The average Bonchev–Trinajstić information content (AvgIpc) is 2.74. The number of nitrogens with zero attached hydrogens (tertiary/aromatic N) is 2. The molecule has 1 saturated heterocycles. The van der Waals surface area contributed by atoms with Gasteiger partial charge in [-0.3, -0.25) is 19.4 Å². The van der Waals surface area contributed by atoms with Crippen LogP contribution in [-0.4, -0.2) is 59.9 Å². The molecule has 1 aliphatic heterocycles. The molecule has 3 rings (SSSR count). The summed E-state index contributed by atoms with van der Waals surface area (Å²) in [6.45, 7) is 6.01. The summed E-state index contributed by atoms with van der Waals surface area (Å²) >= 11 is 5.98. The van der Waals surface area contributed by atoms with Crippen LogP contribution in [0, 0.1) is 11.6 Å². The molecule has 0 saturated carbocycles. The summed E-state index contributed by atoms with van der Waals surface area (Å²) in [5.74, 6) is -1.33. The highest BCUT2D eigenvalue weighted by Gasteiger charge is 2.30. The first-order valence-corrected chi connectivity index (χ1v) is 10.4. The van der Waals surface area contributed by atoms with Crippen molar-refractivity contribution in [2.75, 3.05) is 36.8 Å². The van der Waals surface area contributed by atoms with E-state index in [1.807, 2.05) is 9.80 Å². The number of benzene rings is 2. The van der Waals surface area contributed by atoms with Crippen molar-refractivity contribution in [1.29, 1.82) is 0 Å². The van der Waals surface area contributed by atoms with E-state index in [-0.39, 0.29) is 16.8 Å². The molecule has 31 heavy (non-hydrogen) atoms. The third-order valence-corrected chi connectivity index (χ3v) is 5.80. The molecule has 9 heteroatoms. The van der Waals surface area contributed by atoms with Gasteiger partial charge in [0.2, 0.25) is 11.8 Å². The maximum Gasteiger partial charge on any atom is 0.241 e. The van der Waals surface area contributed by atoms with E-state index in [2.05, 4.69) is 10.6 Å². The highest BCUT2D eigenvalue weighted by molar-refractivity contribution is 6.33. The van der Waals surface area contributed by atoms with Crippen LogP contribution in [0.5, 0.6) is 0 Å². The smallest absolute Gasteiger partial charge is 0.241 e. The molecule has 2 amide bonds. The molecule has 2 unspecified atom stereocenters. The Bertz CT molecular complexity index is 951. The Hall–Kier alpha value is -2.55. The van der Waals surface area contributed by atoms with Crippen LogP contribution in [0.25, 0.3) is 0 Å². The van der Waals surface area contributed by atoms with Crippen LogP contribution in [0.2, 0.25) is 5.02 Å². The van der Waals surface area contributed by atoms with Gasteiger partial charge in [0.25, 0.3) is 0 Å². The Labute approximate surface area is 185 Å². The molecule has 6 nitrogen and oxygen atoms in total. The molecular formula is C22H25ClF2N4O2. The van der Waals surface area contributed by atoms with E-state index >= 15 is 0 Å². The molecule has 2 aromatic rings. The van der Waals surface area contributed by atoms with Gasteiger partial charge < -0.3 is 10.6 Å². The summed E-state index contributed by atoms with van der Waals surface area (Å²) in [7, 11) is 0. The van der Waals surface area contributed by atoms with Gasteiger partial charge in [0.1, 0.15) is 11.6 Å². The first kappa shape index (κ1) is 23.1. The van der Waals surface area contributed by atoms with Gasteiger partial charge in [-0.05, 0) is 50.2 Å². The Morgan fingerprint density at radius 3 is 1.97 bits per heavy atom. The number of amides is 2. The fraction of sp³-hybridized carbons (Fsp3) is 0.364. The van der Waals surface area contributed by atoms with E-state index in [1.165, 1.54) is 24.3 Å². The van der Waals surface area contributed by atoms with Crippen LogP contribution in [0.15, 0.2) is 42.5 Å². The quantitative estimate of drug-likeness (QED) is 0.706. The zero-order chi connectivity index (χ0) is 22.5. The van der Waals surface area contributed by atoms with Crippen molar-refractivity contribution in [2.24, 2.45) is 0 Å². The summed E-state index contributed by atoms with van der Waals surface area (Å²) in [5.41, 5.74) is 0.779. The summed E-state index contributed by atoms with van der Waals surface area (Å²) in [4.78, 5) is 29.1. The number of anilines is 2. The molecule has 0 spiro atoms. The van der Waals surface area contributed by atoms with Crippen LogP contribution >= 0.6 is 11.6 Å². The number of rotatable bonds is 6. The lowest BCUT2D eigenvalue weighted by Crippen LogP contribution is -2.56. The normalized spacial score (nSPS) is 17.1. The zero-order valence-corrected chi connectivity index (χ0v) is 18.1. The fourth-order valence-corrected chi connectivity index (χ4v) is 3.70. The molecule has 0 bridgehead atoms. The minimum absolute atomic E-state index is 0.142. The highest BCUT2D eigenvalue weighted by atomic mass is 35.5. The highest BCUT2D eigenvalue weighted by Crippen LogP contribution is 2.23. The summed E-state index contributed by atoms with van der Waals surface area (Å²) < 4.78 is 26.5. The minimum atomic E-state index is -0.470. The van der Waals surface area contributed by atoms with Crippen molar-refractivity contribution >= 4 is 34.8 Å². The third kappa shape index (κ3) is 6.00. The van der Waals surface area contributed by atoms with E-state index in [1.54, 1.807) is 26.0 Å². The largest absolute Gasteiger partial charge is 0.325 e. The van der Waals surface area contributed by atoms with Crippen LogP contribution in [-0.2, 0) is 9.59 Å². The van der Waals surface area contributed by atoms with Crippen LogP contribution < -0.4 is 10.6 Å². The van der Waals surface area contributed by atoms with Crippen molar-refractivity contribution in [3.05, 3.63) is 59.1 Å². The molecule has 1 aliphatic rings. The van der Waals surface area contributed by atoms with Gasteiger partial charge in [-0.15, -0.1) is 0 Å². The van der Waals surface area contributed by atoms with Crippen LogP contribution in [0.1, 0.15) is 13.8 Å². The molecule has 1 heterocycles. The number of carbonyl (C=O) groups excluding carboxylic acids is 2. The van der Waals surface area contributed by atoms with Gasteiger partial charge in [0.05, 0.1) is 22.8 Å². The fourth-order valence-electron chi connectivity index (χ4n) is 3.48. The molecular weight excluding hydrogens is 426 g/mol. The van der Waals surface area contributed by atoms with Crippen molar-refractivity contribution in [3.63, 3.8) is 0 Å². The van der Waals surface area contributed by atoms with Crippen molar-refractivity contribution in [3.8, 4) is 0 Å². The van der Waals surface area contributed by atoms with Gasteiger partial charge in [-0.1, -0.05) is 17.7 Å². The van der Waals surface area contributed by atoms with E-state index in [0.717, 1.165) is 6.07 Å². The topological polar surface area (TPSA) is 64.7 Å². The van der Waals surface area contributed by atoms with Gasteiger partial charge in [0.15, 0.2) is 0 Å². The second-order valence-electron chi connectivity index (χ2n) is 7.54. The molecule has 0 radical (unpaired) electrons. The first-order chi connectivity index (χ1) is 14.7. The molecule has 0 aliphatic carbocycles. The number of halogens is 3. The number of nitrogens with one attached hydrogen (secondary N) is 2. The SMILES string of the molecule is CC(C(=O)Nc1cccc(F)c1)N1CCN(C(C)C(=O)Nc2ccc(F)cc2Cl)CC1. The third-order valence-electron chi connectivity index (χ3n) is 5.48. The molecule has 1 fully saturated rings. The number of hydrogen-bond acceptors (Lipinski definition) is 4. The van der Waals surface area contributed by atoms with Crippen molar-refractivity contribution in [2.45, 2.75) is 25.9 Å². The predicted molar refractivity (Wildman–Crippen MR) is 117 cm³/mol. The van der Waals surface area contributed by atoms with E-state index in [4.69, 9.17) is 11.6 Å². The standard InChI is InChI=1S/C22H25ClF2N4O2/c1-14(21(30)26-18-5-3-4-16(24)12-18)28-8-10-29(11-9-28)15(2)22(31)27-20-7-6-17(25)13-19(20)23/h3-7,12-15H,8-11H2,1-2H3,(H,26,30)(H,27,31). The molecule has 2 aromatic carbocycles. The molecule has 0 aromatic heterocycles. The average molecular weight is 451 g/mol. The maximum atomic E-state index is 13.3. The molecule has 2 N–H and O–H groups in total. The minimum Gasteiger partial charge on any atom is -0.325 e. The Morgan fingerprint density at radius 2 is 1.42 bits per heavy atom. The molecule has 166 valence electrons. The van der Waals surface area contributed by atoms with Gasteiger partial charge in [-0.2, -0.15) is 0 Å².